The quantitative estimate of drug-likeness (QED) is 0.918. The topological polar surface area (TPSA) is 21.3 Å². The van der Waals surface area contributed by atoms with E-state index in [2.05, 4.69) is 5.32 Å². The zero-order chi connectivity index (χ0) is 15.0. The molecule has 110 valence electrons. The van der Waals surface area contributed by atoms with Gasteiger partial charge in [-0.25, -0.2) is 13.2 Å². The molecule has 1 heterocycles. The van der Waals surface area contributed by atoms with Crippen molar-refractivity contribution in [1.29, 1.82) is 0 Å². The van der Waals surface area contributed by atoms with E-state index in [0.717, 1.165) is 5.56 Å². The van der Waals surface area contributed by atoms with Crippen LogP contribution >= 0.6 is 11.6 Å². The Kier molecular flexibility index (Phi) is 3.68. The molecule has 1 aliphatic rings. The van der Waals surface area contributed by atoms with Crippen LogP contribution in [0.1, 0.15) is 5.56 Å². The van der Waals surface area contributed by atoms with Crippen molar-refractivity contribution in [1.82, 2.24) is 0 Å². The SMILES string of the molecule is Fc1cc(F)c(NCC2Cc3cc(Cl)ccc3O2)c(F)c1. The second kappa shape index (κ2) is 5.48. The first kappa shape index (κ1) is 14.1. The van der Waals surface area contributed by atoms with Gasteiger partial charge in [0.2, 0.25) is 0 Å². The van der Waals surface area contributed by atoms with Crippen molar-refractivity contribution >= 4 is 17.3 Å². The number of hydrogen-bond acceptors (Lipinski definition) is 2. The maximum atomic E-state index is 13.5. The average Bonchev–Trinajstić information content (AvgIpc) is 2.79. The lowest BCUT2D eigenvalue weighted by Gasteiger charge is -2.14. The van der Waals surface area contributed by atoms with Crippen molar-refractivity contribution < 1.29 is 17.9 Å². The van der Waals surface area contributed by atoms with E-state index < -0.39 is 17.5 Å². The predicted octanol–water partition coefficient (Wildman–Crippen LogP) is 4.17. The van der Waals surface area contributed by atoms with Crippen LogP contribution in [0, 0.1) is 17.5 Å². The second-order valence-electron chi connectivity index (χ2n) is 4.82. The molecule has 1 aliphatic heterocycles. The van der Waals surface area contributed by atoms with Crippen LogP contribution in [0.3, 0.4) is 0 Å². The van der Waals surface area contributed by atoms with Crippen LogP contribution in [0.15, 0.2) is 30.3 Å². The smallest absolute Gasteiger partial charge is 0.152 e. The highest BCUT2D eigenvalue weighted by Gasteiger charge is 2.23. The van der Waals surface area contributed by atoms with E-state index in [1.54, 1.807) is 18.2 Å². The minimum absolute atomic E-state index is 0.200. The largest absolute Gasteiger partial charge is 0.488 e. The Labute approximate surface area is 124 Å². The first-order valence-corrected chi connectivity index (χ1v) is 6.74. The van der Waals surface area contributed by atoms with E-state index in [9.17, 15) is 13.2 Å². The van der Waals surface area contributed by atoms with E-state index in [1.165, 1.54) is 0 Å². The summed E-state index contributed by atoms with van der Waals surface area (Å²) >= 11 is 5.89. The molecule has 2 aromatic rings. The van der Waals surface area contributed by atoms with Crippen molar-refractivity contribution in [2.75, 3.05) is 11.9 Å². The molecule has 1 unspecified atom stereocenters. The normalized spacial score (nSPS) is 16.5. The van der Waals surface area contributed by atoms with Crippen molar-refractivity contribution in [3.63, 3.8) is 0 Å². The maximum Gasteiger partial charge on any atom is 0.152 e. The van der Waals surface area contributed by atoms with Crippen LogP contribution < -0.4 is 10.1 Å². The van der Waals surface area contributed by atoms with Crippen LogP contribution in [0.2, 0.25) is 5.02 Å². The number of benzene rings is 2. The lowest BCUT2D eigenvalue weighted by molar-refractivity contribution is 0.246. The molecule has 0 spiro atoms. The molecule has 1 atom stereocenters. The zero-order valence-corrected chi connectivity index (χ0v) is 11.6. The fourth-order valence-electron chi connectivity index (χ4n) is 2.33. The number of halogens is 4. The standard InChI is InChI=1S/C15H11ClF3NO/c16-9-1-2-14-8(3-9)4-11(21-14)7-20-15-12(18)5-10(17)6-13(15)19/h1-3,5-6,11,20H,4,7H2. The molecule has 2 aromatic carbocycles. The first-order valence-electron chi connectivity index (χ1n) is 6.36. The summed E-state index contributed by atoms with van der Waals surface area (Å²) in [6.45, 7) is 0.200. The molecular formula is C15H11ClF3NO. The monoisotopic (exact) mass is 313 g/mol. The summed E-state index contributed by atoms with van der Waals surface area (Å²) in [6, 6.07) is 6.55. The van der Waals surface area contributed by atoms with E-state index in [0.29, 0.717) is 29.3 Å². The van der Waals surface area contributed by atoms with E-state index in [4.69, 9.17) is 16.3 Å². The Morgan fingerprint density at radius 1 is 1.14 bits per heavy atom. The summed E-state index contributed by atoms with van der Waals surface area (Å²) in [5.41, 5.74) is 0.600. The summed E-state index contributed by atoms with van der Waals surface area (Å²) in [4.78, 5) is 0. The van der Waals surface area contributed by atoms with Gasteiger partial charge in [0.1, 0.15) is 23.4 Å². The fraction of sp³-hybridized carbons (Fsp3) is 0.200. The maximum absolute atomic E-state index is 13.5. The Hall–Kier alpha value is -1.88. The molecule has 0 saturated carbocycles. The van der Waals surface area contributed by atoms with Gasteiger partial charge >= 0.3 is 0 Å². The van der Waals surface area contributed by atoms with Crippen LogP contribution in [0.25, 0.3) is 0 Å². The Morgan fingerprint density at radius 2 is 1.86 bits per heavy atom. The van der Waals surface area contributed by atoms with Gasteiger partial charge in [-0.1, -0.05) is 11.6 Å². The number of nitrogens with one attached hydrogen (secondary N) is 1. The third-order valence-corrected chi connectivity index (χ3v) is 3.51. The molecule has 0 fully saturated rings. The van der Waals surface area contributed by atoms with E-state index in [-0.39, 0.29) is 18.3 Å². The van der Waals surface area contributed by atoms with E-state index >= 15 is 0 Å². The third kappa shape index (κ3) is 2.93. The minimum atomic E-state index is -0.967. The molecule has 0 aliphatic carbocycles. The van der Waals surface area contributed by atoms with Gasteiger partial charge < -0.3 is 10.1 Å². The predicted molar refractivity (Wildman–Crippen MR) is 74.4 cm³/mol. The van der Waals surface area contributed by atoms with Gasteiger partial charge in [-0.15, -0.1) is 0 Å². The summed E-state index contributed by atoms with van der Waals surface area (Å²) < 4.78 is 45.5. The zero-order valence-electron chi connectivity index (χ0n) is 10.8. The number of hydrogen-bond donors (Lipinski definition) is 1. The Morgan fingerprint density at radius 3 is 2.57 bits per heavy atom. The lowest BCUT2D eigenvalue weighted by Crippen LogP contribution is -2.24. The van der Waals surface area contributed by atoms with E-state index in [1.807, 2.05) is 0 Å². The average molecular weight is 314 g/mol. The molecule has 1 N–H and O–H groups in total. The Balaban J connectivity index is 1.68. The van der Waals surface area contributed by atoms with Gasteiger partial charge in [0.05, 0.1) is 6.54 Å². The van der Waals surface area contributed by atoms with Gasteiger partial charge in [-0.3, -0.25) is 0 Å². The number of rotatable bonds is 3. The minimum Gasteiger partial charge on any atom is -0.488 e. The summed E-state index contributed by atoms with van der Waals surface area (Å²) in [7, 11) is 0. The molecule has 21 heavy (non-hydrogen) atoms. The van der Waals surface area contributed by atoms with Crippen LogP contribution in [-0.4, -0.2) is 12.6 Å². The molecular weight excluding hydrogens is 303 g/mol. The number of fused-ring (bicyclic) bond motifs is 1. The van der Waals surface area contributed by atoms with Gasteiger partial charge in [-0.05, 0) is 23.8 Å². The fourth-order valence-corrected chi connectivity index (χ4v) is 2.52. The van der Waals surface area contributed by atoms with Gasteiger partial charge in [0, 0.05) is 23.6 Å². The van der Waals surface area contributed by atoms with Crippen LogP contribution in [0.4, 0.5) is 18.9 Å². The van der Waals surface area contributed by atoms with Crippen molar-refractivity contribution in [3.05, 3.63) is 58.4 Å². The van der Waals surface area contributed by atoms with Gasteiger partial charge in [0.25, 0.3) is 0 Å². The third-order valence-electron chi connectivity index (χ3n) is 3.28. The molecule has 2 nitrogen and oxygen atoms in total. The van der Waals surface area contributed by atoms with Crippen molar-refractivity contribution in [3.8, 4) is 5.75 Å². The van der Waals surface area contributed by atoms with Gasteiger partial charge in [0.15, 0.2) is 11.6 Å². The Bertz CT molecular complexity index is 670. The van der Waals surface area contributed by atoms with Crippen molar-refractivity contribution in [2.24, 2.45) is 0 Å². The number of anilines is 1. The molecule has 0 amide bonds. The van der Waals surface area contributed by atoms with Crippen LogP contribution in [0.5, 0.6) is 5.75 Å². The summed E-state index contributed by atoms with van der Waals surface area (Å²) in [6.07, 6.45) is 0.329. The lowest BCUT2D eigenvalue weighted by atomic mass is 10.1. The molecule has 3 rings (SSSR count). The van der Waals surface area contributed by atoms with Crippen LogP contribution in [-0.2, 0) is 6.42 Å². The van der Waals surface area contributed by atoms with Crippen molar-refractivity contribution in [2.45, 2.75) is 12.5 Å². The highest BCUT2D eigenvalue weighted by Crippen LogP contribution is 2.31. The first-order chi connectivity index (χ1) is 10.0. The highest BCUT2D eigenvalue weighted by molar-refractivity contribution is 6.30. The summed E-state index contributed by atoms with van der Waals surface area (Å²) in [5.74, 6) is -2.17. The molecule has 0 saturated heterocycles. The number of ether oxygens (including phenoxy) is 1. The molecule has 6 heteroatoms. The molecule has 0 radical (unpaired) electrons. The molecule has 0 aromatic heterocycles. The second-order valence-corrected chi connectivity index (χ2v) is 5.26. The highest BCUT2D eigenvalue weighted by atomic mass is 35.5. The molecule has 0 bridgehead atoms. The van der Waals surface area contributed by atoms with Gasteiger partial charge in [-0.2, -0.15) is 0 Å². The summed E-state index contributed by atoms with van der Waals surface area (Å²) in [5, 5.41) is 3.24.